The maximum absolute atomic E-state index is 12.6. The minimum atomic E-state index is -0.135. The minimum Gasteiger partial charge on any atom is -0.353 e. The number of nitrogens with one attached hydrogen (secondary N) is 3. The third-order valence-corrected chi connectivity index (χ3v) is 4.83. The molecule has 0 saturated heterocycles. The smallest absolute Gasteiger partial charge is 0.251 e. The highest BCUT2D eigenvalue weighted by molar-refractivity contribution is 6.05. The van der Waals surface area contributed by atoms with Gasteiger partial charge in [-0.2, -0.15) is 0 Å². The minimum absolute atomic E-state index is 0.00741. The van der Waals surface area contributed by atoms with Crippen molar-refractivity contribution in [3.63, 3.8) is 0 Å². The van der Waals surface area contributed by atoms with Crippen LogP contribution in [0.15, 0.2) is 18.2 Å². The quantitative estimate of drug-likeness (QED) is 0.629. The summed E-state index contributed by atoms with van der Waals surface area (Å²) in [5, 5.41) is 8.82. The van der Waals surface area contributed by atoms with E-state index in [0.717, 1.165) is 36.9 Å². The van der Waals surface area contributed by atoms with Crippen LogP contribution in [0.4, 0.5) is 5.69 Å². The fourth-order valence-electron chi connectivity index (χ4n) is 3.54. The molecule has 3 rings (SSSR count). The molecule has 5 N–H and O–H groups in total. The largest absolute Gasteiger partial charge is 0.353 e. The van der Waals surface area contributed by atoms with E-state index in [1.54, 1.807) is 12.1 Å². The van der Waals surface area contributed by atoms with E-state index < -0.39 is 0 Å². The van der Waals surface area contributed by atoms with Crippen LogP contribution in [0.25, 0.3) is 0 Å². The summed E-state index contributed by atoms with van der Waals surface area (Å²) in [7, 11) is 0. The Morgan fingerprint density at radius 2 is 1.80 bits per heavy atom. The van der Waals surface area contributed by atoms with Crippen molar-refractivity contribution in [1.29, 1.82) is 0 Å². The number of anilines is 1. The molecule has 1 heterocycles. The summed E-state index contributed by atoms with van der Waals surface area (Å²) in [5.41, 5.74) is 7.44. The molecular weight excluding hydrogens is 320 g/mol. The van der Waals surface area contributed by atoms with Crippen LogP contribution in [0.2, 0.25) is 0 Å². The number of nitrogens with two attached hydrogens (primary N) is 1. The van der Waals surface area contributed by atoms with Gasteiger partial charge in [0.1, 0.15) is 0 Å². The van der Waals surface area contributed by atoms with Gasteiger partial charge in [-0.3, -0.25) is 14.4 Å². The fourth-order valence-corrected chi connectivity index (χ4v) is 3.54. The molecule has 1 aliphatic heterocycles. The van der Waals surface area contributed by atoms with Crippen molar-refractivity contribution in [2.45, 2.75) is 50.6 Å². The van der Waals surface area contributed by atoms with E-state index >= 15 is 0 Å². The van der Waals surface area contributed by atoms with E-state index in [0.29, 0.717) is 18.5 Å². The Bertz CT molecular complexity index is 681. The predicted octanol–water partition coefficient (Wildman–Crippen LogP) is 0.687. The van der Waals surface area contributed by atoms with Crippen molar-refractivity contribution in [2.24, 2.45) is 5.73 Å². The Labute approximate surface area is 146 Å². The lowest BCUT2D eigenvalue weighted by Gasteiger charge is -2.29. The Morgan fingerprint density at radius 3 is 2.48 bits per heavy atom. The van der Waals surface area contributed by atoms with Crippen LogP contribution in [0, 0.1) is 0 Å². The Morgan fingerprint density at radius 1 is 1.12 bits per heavy atom. The van der Waals surface area contributed by atoms with E-state index in [1.165, 1.54) is 0 Å². The topological polar surface area (TPSA) is 113 Å². The maximum Gasteiger partial charge on any atom is 0.251 e. The van der Waals surface area contributed by atoms with Gasteiger partial charge in [-0.15, -0.1) is 0 Å². The van der Waals surface area contributed by atoms with Gasteiger partial charge in [0.25, 0.3) is 5.91 Å². The molecule has 0 aromatic heterocycles. The first kappa shape index (κ1) is 17.4. The molecule has 0 unspecified atom stereocenters. The molecule has 1 saturated carbocycles. The monoisotopic (exact) mass is 344 g/mol. The summed E-state index contributed by atoms with van der Waals surface area (Å²) in [6, 6.07) is 5.61. The van der Waals surface area contributed by atoms with Gasteiger partial charge in [0.15, 0.2) is 0 Å². The second-order valence-electron chi connectivity index (χ2n) is 6.68. The SMILES string of the molecule is NCCC(=O)N[C@H]1CC[C@H](NC(=O)c2cccc3c2CC(=O)N3)CC1. The molecule has 1 fully saturated rings. The Hall–Kier alpha value is -2.41. The van der Waals surface area contributed by atoms with Crippen molar-refractivity contribution < 1.29 is 14.4 Å². The van der Waals surface area contributed by atoms with Crippen LogP contribution >= 0.6 is 0 Å². The zero-order valence-electron chi connectivity index (χ0n) is 14.1. The zero-order chi connectivity index (χ0) is 17.8. The molecule has 0 spiro atoms. The summed E-state index contributed by atoms with van der Waals surface area (Å²) in [4.78, 5) is 35.7. The average Bonchev–Trinajstić information content (AvgIpc) is 2.96. The molecule has 1 aliphatic carbocycles. The van der Waals surface area contributed by atoms with Crippen molar-refractivity contribution >= 4 is 23.4 Å². The van der Waals surface area contributed by atoms with E-state index in [4.69, 9.17) is 5.73 Å². The first-order valence-corrected chi connectivity index (χ1v) is 8.79. The molecule has 134 valence electrons. The standard InChI is InChI=1S/C18H24N4O3/c19-9-8-16(23)20-11-4-6-12(7-5-11)21-18(25)13-2-1-3-15-14(13)10-17(24)22-15/h1-3,11-12H,4-10,19H2,(H,20,23)(H,21,25)(H,22,24)/t11-,12-. The van der Waals surface area contributed by atoms with Gasteiger partial charge in [-0.05, 0) is 43.4 Å². The lowest BCUT2D eigenvalue weighted by Crippen LogP contribution is -2.44. The van der Waals surface area contributed by atoms with Gasteiger partial charge < -0.3 is 21.7 Å². The maximum atomic E-state index is 12.6. The summed E-state index contributed by atoms with van der Waals surface area (Å²) < 4.78 is 0. The van der Waals surface area contributed by atoms with E-state index in [1.807, 2.05) is 6.07 Å². The van der Waals surface area contributed by atoms with Crippen molar-refractivity contribution in [1.82, 2.24) is 10.6 Å². The molecular formula is C18H24N4O3. The van der Waals surface area contributed by atoms with Crippen molar-refractivity contribution in [2.75, 3.05) is 11.9 Å². The highest BCUT2D eigenvalue weighted by Crippen LogP contribution is 2.27. The number of hydrogen-bond acceptors (Lipinski definition) is 4. The van der Waals surface area contributed by atoms with Gasteiger partial charge in [-0.25, -0.2) is 0 Å². The first-order chi connectivity index (χ1) is 12.1. The molecule has 0 bridgehead atoms. The lowest BCUT2D eigenvalue weighted by atomic mass is 9.90. The number of amides is 3. The van der Waals surface area contributed by atoms with Crippen LogP contribution < -0.4 is 21.7 Å². The molecule has 0 radical (unpaired) electrons. The molecule has 2 aliphatic rings. The average molecular weight is 344 g/mol. The second kappa shape index (κ2) is 7.65. The van der Waals surface area contributed by atoms with Crippen LogP contribution in [-0.2, 0) is 16.0 Å². The van der Waals surface area contributed by atoms with E-state index in [2.05, 4.69) is 16.0 Å². The van der Waals surface area contributed by atoms with Crippen molar-refractivity contribution in [3.05, 3.63) is 29.3 Å². The summed E-state index contributed by atoms with van der Waals surface area (Å²) >= 11 is 0. The summed E-state index contributed by atoms with van der Waals surface area (Å²) in [6.07, 6.45) is 3.93. The number of fused-ring (bicyclic) bond motifs is 1. The molecule has 1 aromatic carbocycles. The highest BCUT2D eigenvalue weighted by Gasteiger charge is 2.27. The van der Waals surface area contributed by atoms with Gasteiger partial charge in [-0.1, -0.05) is 6.07 Å². The van der Waals surface area contributed by atoms with E-state index in [9.17, 15) is 14.4 Å². The van der Waals surface area contributed by atoms with Gasteiger partial charge in [0.05, 0.1) is 6.42 Å². The normalized spacial score (nSPS) is 22.0. The molecule has 0 atom stereocenters. The third-order valence-electron chi connectivity index (χ3n) is 4.83. The van der Waals surface area contributed by atoms with Gasteiger partial charge in [0.2, 0.25) is 11.8 Å². The second-order valence-corrected chi connectivity index (χ2v) is 6.68. The summed E-state index contributed by atoms with van der Waals surface area (Å²) in [6.45, 7) is 0.357. The van der Waals surface area contributed by atoms with Crippen LogP contribution in [0.3, 0.4) is 0 Å². The first-order valence-electron chi connectivity index (χ1n) is 8.79. The molecule has 1 aromatic rings. The molecule has 25 heavy (non-hydrogen) atoms. The predicted molar refractivity (Wildman–Crippen MR) is 94.1 cm³/mol. The van der Waals surface area contributed by atoms with Crippen LogP contribution in [0.1, 0.15) is 48.0 Å². The third kappa shape index (κ3) is 4.17. The van der Waals surface area contributed by atoms with Crippen LogP contribution in [0.5, 0.6) is 0 Å². The Balaban J connectivity index is 1.53. The number of carbonyl (C=O) groups is 3. The van der Waals surface area contributed by atoms with Crippen molar-refractivity contribution in [3.8, 4) is 0 Å². The van der Waals surface area contributed by atoms with Crippen LogP contribution in [-0.4, -0.2) is 36.3 Å². The number of hydrogen-bond donors (Lipinski definition) is 4. The zero-order valence-corrected chi connectivity index (χ0v) is 14.1. The van der Waals surface area contributed by atoms with E-state index in [-0.39, 0.29) is 36.2 Å². The molecule has 7 nitrogen and oxygen atoms in total. The molecule has 7 heteroatoms. The highest BCUT2D eigenvalue weighted by atomic mass is 16.2. The number of rotatable bonds is 5. The number of benzene rings is 1. The number of carbonyl (C=O) groups excluding carboxylic acids is 3. The van der Waals surface area contributed by atoms with Gasteiger partial charge >= 0.3 is 0 Å². The fraction of sp³-hybridized carbons (Fsp3) is 0.500. The lowest BCUT2D eigenvalue weighted by molar-refractivity contribution is -0.121. The van der Waals surface area contributed by atoms with Gasteiger partial charge in [0, 0.05) is 36.3 Å². The molecule has 3 amide bonds. The summed E-state index contributed by atoms with van der Waals surface area (Å²) in [5.74, 6) is -0.222. The Kier molecular flexibility index (Phi) is 5.33.